The number of hydrogen-bond acceptors (Lipinski definition) is 5. The minimum Gasteiger partial charge on any atom is -0.356 e. The molecule has 1 aliphatic heterocycles. The summed E-state index contributed by atoms with van der Waals surface area (Å²) in [4.78, 5) is 6.94. The largest absolute Gasteiger partial charge is 0.356 e. The van der Waals surface area contributed by atoms with Gasteiger partial charge in [0.2, 0.25) is 10.0 Å². The summed E-state index contributed by atoms with van der Waals surface area (Å²) in [5.41, 5.74) is 1.54. The number of nitrogens with one attached hydrogen (secondary N) is 2. The Hall–Kier alpha value is -1.93. The lowest BCUT2D eigenvalue weighted by Gasteiger charge is -2.33. The number of aryl methyl sites for hydroxylation is 2. The number of nitrogens with zero attached hydrogens (tertiary/aromatic N) is 3. The molecule has 0 amide bonds. The normalized spacial score (nSPS) is 16.7. The van der Waals surface area contributed by atoms with Gasteiger partial charge in [-0.25, -0.2) is 18.1 Å². The van der Waals surface area contributed by atoms with Gasteiger partial charge < -0.3 is 4.90 Å². The average Bonchev–Trinajstić information content (AvgIpc) is 2.95. The van der Waals surface area contributed by atoms with Crippen LogP contribution in [0.5, 0.6) is 0 Å². The van der Waals surface area contributed by atoms with Crippen molar-refractivity contribution in [2.24, 2.45) is 0 Å². The summed E-state index contributed by atoms with van der Waals surface area (Å²) in [6, 6.07) is 5.90. The highest BCUT2D eigenvalue weighted by Gasteiger charge is 2.26. The monoisotopic (exact) mass is 335 g/mol. The van der Waals surface area contributed by atoms with Gasteiger partial charge in [-0.1, -0.05) is 6.07 Å². The van der Waals surface area contributed by atoms with Crippen LogP contribution in [0.3, 0.4) is 0 Å². The molecule has 124 valence electrons. The summed E-state index contributed by atoms with van der Waals surface area (Å²) in [5, 5.41) is 6.44. The highest BCUT2D eigenvalue weighted by atomic mass is 32.2. The van der Waals surface area contributed by atoms with E-state index in [4.69, 9.17) is 0 Å². The van der Waals surface area contributed by atoms with E-state index >= 15 is 0 Å². The van der Waals surface area contributed by atoms with Crippen LogP contribution in [0.2, 0.25) is 0 Å². The fourth-order valence-corrected chi connectivity index (χ4v) is 4.27. The first-order valence-electron chi connectivity index (χ1n) is 7.66. The first kappa shape index (κ1) is 15.9. The fourth-order valence-electron chi connectivity index (χ4n) is 2.82. The predicted molar refractivity (Wildman–Crippen MR) is 87.9 cm³/mol. The minimum atomic E-state index is -3.51. The highest BCUT2D eigenvalue weighted by molar-refractivity contribution is 7.89. The molecule has 2 aromatic rings. The number of aromatic amines is 1. The van der Waals surface area contributed by atoms with Gasteiger partial charge in [-0.05, 0) is 38.8 Å². The van der Waals surface area contributed by atoms with E-state index in [9.17, 15) is 8.42 Å². The van der Waals surface area contributed by atoms with Crippen LogP contribution >= 0.6 is 0 Å². The van der Waals surface area contributed by atoms with Crippen molar-refractivity contribution in [2.45, 2.75) is 37.6 Å². The van der Waals surface area contributed by atoms with Gasteiger partial charge in [0.05, 0.1) is 11.9 Å². The number of sulfonamides is 1. The lowest BCUT2D eigenvalue weighted by molar-refractivity contribution is 0.458. The summed E-state index contributed by atoms with van der Waals surface area (Å²) in [6.07, 6.45) is 2.86. The standard InChI is InChI=1S/C15H21N5O2S/c1-11-4-3-5-15(17-11)20-8-6-13(7-9-20)19-23(21,22)14-10-16-18-12(14)2/h3-5,10,13,19H,6-9H2,1-2H3,(H,16,18). The first-order chi connectivity index (χ1) is 11.0. The number of anilines is 1. The molecule has 8 heteroatoms. The zero-order valence-electron chi connectivity index (χ0n) is 13.3. The van der Waals surface area contributed by atoms with E-state index in [2.05, 4.69) is 24.8 Å². The van der Waals surface area contributed by atoms with Crippen molar-refractivity contribution in [1.82, 2.24) is 19.9 Å². The van der Waals surface area contributed by atoms with Crippen molar-refractivity contribution >= 4 is 15.8 Å². The summed E-state index contributed by atoms with van der Waals surface area (Å²) < 4.78 is 27.5. The Morgan fingerprint density at radius 3 is 2.61 bits per heavy atom. The van der Waals surface area contributed by atoms with Gasteiger partial charge in [0.15, 0.2) is 0 Å². The second-order valence-corrected chi connectivity index (χ2v) is 7.56. The van der Waals surface area contributed by atoms with Gasteiger partial charge >= 0.3 is 0 Å². The molecule has 1 fully saturated rings. The van der Waals surface area contributed by atoms with Crippen LogP contribution in [0.25, 0.3) is 0 Å². The molecule has 0 spiro atoms. The molecule has 7 nitrogen and oxygen atoms in total. The Balaban J connectivity index is 1.62. The second-order valence-electron chi connectivity index (χ2n) is 5.88. The van der Waals surface area contributed by atoms with Crippen LogP contribution in [0.1, 0.15) is 24.2 Å². The molecule has 1 aliphatic rings. The highest BCUT2D eigenvalue weighted by Crippen LogP contribution is 2.20. The molecule has 3 rings (SSSR count). The van der Waals surface area contributed by atoms with Gasteiger partial charge in [0.25, 0.3) is 0 Å². The molecule has 2 aromatic heterocycles. The minimum absolute atomic E-state index is 0.0599. The second kappa shape index (κ2) is 6.29. The van der Waals surface area contributed by atoms with Gasteiger partial charge in [-0.3, -0.25) is 5.10 Å². The fraction of sp³-hybridized carbons (Fsp3) is 0.467. The quantitative estimate of drug-likeness (QED) is 0.880. The molecule has 0 saturated carbocycles. The SMILES string of the molecule is Cc1cccc(N2CCC(NS(=O)(=O)c3cn[nH]c3C)CC2)n1. The molecule has 0 unspecified atom stereocenters. The number of hydrogen-bond donors (Lipinski definition) is 2. The van der Waals surface area contributed by atoms with Crippen molar-refractivity contribution < 1.29 is 8.42 Å². The van der Waals surface area contributed by atoms with Crippen LogP contribution < -0.4 is 9.62 Å². The molecule has 0 aromatic carbocycles. The molecular weight excluding hydrogens is 314 g/mol. The van der Waals surface area contributed by atoms with Gasteiger partial charge in [0.1, 0.15) is 10.7 Å². The molecular formula is C15H21N5O2S. The molecule has 3 heterocycles. The third-order valence-corrected chi connectivity index (χ3v) is 5.72. The number of piperidine rings is 1. The summed E-state index contributed by atoms with van der Waals surface area (Å²) in [6.45, 7) is 5.24. The van der Waals surface area contributed by atoms with Gasteiger partial charge in [-0.2, -0.15) is 5.10 Å². The third-order valence-electron chi connectivity index (χ3n) is 4.09. The summed E-state index contributed by atoms with van der Waals surface area (Å²) >= 11 is 0. The Bertz CT molecular complexity index is 779. The lowest BCUT2D eigenvalue weighted by Crippen LogP contribution is -2.44. The average molecular weight is 335 g/mol. The van der Waals surface area contributed by atoms with E-state index < -0.39 is 10.0 Å². The third kappa shape index (κ3) is 3.53. The van der Waals surface area contributed by atoms with E-state index in [0.717, 1.165) is 37.4 Å². The van der Waals surface area contributed by atoms with E-state index in [-0.39, 0.29) is 10.9 Å². The van der Waals surface area contributed by atoms with Crippen LogP contribution in [0.4, 0.5) is 5.82 Å². The van der Waals surface area contributed by atoms with E-state index in [0.29, 0.717) is 5.69 Å². The number of pyridine rings is 1. The van der Waals surface area contributed by atoms with E-state index in [1.54, 1.807) is 6.92 Å². The van der Waals surface area contributed by atoms with E-state index in [1.807, 2.05) is 25.1 Å². The Kier molecular flexibility index (Phi) is 4.36. The smallest absolute Gasteiger partial charge is 0.244 e. The van der Waals surface area contributed by atoms with Crippen molar-refractivity contribution in [3.05, 3.63) is 35.8 Å². The topological polar surface area (TPSA) is 91.0 Å². The Morgan fingerprint density at radius 2 is 2.00 bits per heavy atom. The molecule has 23 heavy (non-hydrogen) atoms. The predicted octanol–water partition coefficient (Wildman–Crippen LogP) is 1.37. The van der Waals surface area contributed by atoms with Crippen molar-refractivity contribution in [2.75, 3.05) is 18.0 Å². The maximum Gasteiger partial charge on any atom is 0.244 e. The zero-order valence-corrected chi connectivity index (χ0v) is 14.1. The maximum atomic E-state index is 12.4. The van der Waals surface area contributed by atoms with Crippen LogP contribution in [-0.2, 0) is 10.0 Å². The molecule has 2 N–H and O–H groups in total. The van der Waals surface area contributed by atoms with Gasteiger partial charge in [-0.15, -0.1) is 0 Å². The number of rotatable bonds is 4. The van der Waals surface area contributed by atoms with Crippen LogP contribution in [0.15, 0.2) is 29.3 Å². The Labute approximate surface area is 136 Å². The lowest BCUT2D eigenvalue weighted by atomic mass is 10.1. The molecule has 0 aliphatic carbocycles. The zero-order chi connectivity index (χ0) is 16.4. The molecule has 1 saturated heterocycles. The molecule has 0 radical (unpaired) electrons. The molecule has 0 atom stereocenters. The van der Waals surface area contributed by atoms with E-state index in [1.165, 1.54) is 6.20 Å². The van der Waals surface area contributed by atoms with Crippen molar-refractivity contribution in [1.29, 1.82) is 0 Å². The van der Waals surface area contributed by atoms with Gasteiger partial charge in [0, 0.05) is 24.8 Å². The Morgan fingerprint density at radius 1 is 1.26 bits per heavy atom. The number of aromatic nitrogens is 3. The number of H-pyrrole nitrogens is 1. The van der Waals surface area contributed by atoms with Crippen LogP contribution in [-0.4, -0.2) is 42.7 Å². The summed E-state index contributed by atoms with van der Waals surface area (Å²) in [7, 11) is -3.51. The summed E-state index contributed by atoms with van der Waals surface area (Å²) in [5.74, 6) is 0.956. The maximum absolute atomic E-state index is 12.4. The van der Waals surface area contributed by atoms with Crippen LogP contribution in [0, 0.1) is 13.8 Å². The molecule has 0 bridgehead atoms. The van der Waals surface area contributed by atoms with Crippen molar-refractivity contribution in [3.63, 3.8) is 0 Å². The first-order valence-corrected chi connectivity index (χ1v) is 9.15. The van der Waals surface area contributed by atoms with Crippen molar-refractivity contribution in [3.8, 4) is 0 Å².